The van der Waals surface area contributed by atoms with Gasteiger partial charge in [-0.3, -0.25) is 9.97 Å². The minimum absolute atomic E-state index is 0.168. The summed E-state index contributed by atoms with van der Waals surface area (Å²) in [5.41, 5.74) is 3.81. The van der Waals surface area contributed by atoms with Crippen LogP contribution in [0.1, 0.15) is 25.7 Å². The van der Waals surface area contributed by atoms with Crippen molar-refractivity contribution in [1.29, 1.82) is 0 Å². The fourth-order valence-electron chi connectivity index (χ4n) is 4.47. The van der Waals surface area contributed by atoms with Crippen LogP contribution in [0.15, 0.2) is 43.0 Å². The first-order valence-corrected chi connectivity index (χ1v) is 11.3. The molecule has 8 heteroatoms. The Labute approximate surface area is 187 Å². The molecular formula is C24H29N5O3. The minimum atomic E-state index is 0.168. The average Bonchev–Trinajstić information content (AvgIpc) is 2.86. The monoisotopic (exact) mass is 435 g/mol. The normalized spacial score (nSPS) is 21.3. The van der Waals surface area contributed by atoms with Gasteiger partial charge in [0.2, 0.25) is 0 Å². The first-order valence-electron chi connectivity index (χ1n) is 11.3. The Hall–Kier alpha value is -3.13. The van der Waals surface area contributed by atoms with E-state index >= 15 is 0 Å². The maximum Gasteiger partial charge on any atom is 0.149 e. The van der Waals surface area contributed by atoms with E-state index in [9.17, 15) is 0 Å². The number of fused-ring (bicyclic) bond motifs is 1. The van der Waals surface area contributed by atoms with Gasteiger partial charge in [0.25, 0.3) is 0 Å². The highest BCUT2D eigenvalue weighted by molar-refractivity contribution is 5.85. The van der Waals surface area contributed by atoms with Crippen molar-refractivity contribution < 1.29 is 14.2 Å². The predicted molar refractivity (Wildman–Crippen MR) is 124 cm³/mol. The number of aromatic nitrogens is 3. The fraction of sp³-hybridized carbons (Fsp3) is 0.458. The number of ether oxygens (including phenoxy) is 3. The second kappa shape index (κ2) is 9.56. The van der Waals surface area contributed by atoms with E-state index in [4.69, 9.17) is 14.2 Å². The van der Waals surface area contributed by atoms with Crippen molar-refractivity contribution >= 4 is 22.4 Å². The van der Waals surface area contributed by atoms with Gasteiger partial charge in [0.1, 0.15) is 17.0 Å². The third kappa shape index (κ3) is 4.70. The zero-order valence-corrected chi connectivity index (χ0v) is 18.4. The summed E-state index contributed by atoms with van der Waals surface area (Å²) < 4.78 is 17.3. The number of hydrogen-bond donors (Lipinski definition) is 1. The van der Waals surface area contributed by atoms with Crippen molar-refractivity contribution in [2.75, 3.05) is 43.6 Å². The smallest absolute Gasteiger partial charge is 0.149 e. The summed E-state index contributed by atoms with van der Waals surface area (Å²) in [6.45, 7) is 3.24. The van der Waals surface area contributed by atoms with Crippen molar-refractivity contribution in [2.24, 2.45) is 0 Å². The number of methoxy groups -OCH3 is 1. The quantitative estimate of drug-likeness (QED) is 0.628. The summed E-state index contributed by atoms with van der Waals surface area (Å²) >= 11 is 0. The average molecular weight is 436 g/mol. The Morgan fingerprint density at radius 3 is 2.62 bits per heavy atom. The highest BCUT2D eigenvalue weighted by atomic mass is 16.5. The van der Waals surface area contributed by atoms with Gasteiger partial charge in [-0.1, -0.05) is 0 Å². The second-order valence-corrected chi connectivity index (χ2v) is 8.32. The van der Waals surface area contributed by atoms with Crippen LogP contribution in [-0.2, 0) is 4.74 Å². The number of morpholine rings is 1. The minimum Gasteiger partial charge on any atom is -0.495 e. The molecule has 0 amide bonds. The molecule has 1 aromatic carbocycles. The van der Waals surface area contributed by atoms with E-state index in [1.54, 1.807) is 25.7 Å². The lowest BCUT2D eigenvalue weighted by molar-refractivity contribution is 0.122. The van der Waals surface area contributed by atoms with E-state index in [0.717, 1.165) is 85.9 Å². The highest BCUT2D eigenvalue weighted by Gasteiger charge is 2.24. The number of hydrogen-bond acceptors (Lipinski definition) is 8. The number of nitrogens with one attached hydrogen (secondary N) is 1. The predicted octanol–water partition coefficient (Wildman–Crippen LogP) is 3.67. The molecule has 0 bridgehead atoms. The molecule has 2 aromatic heterocycles. The third-order valence-corrected chi connectivity index (χ3v) is 6.19. The van der Waals surface area contributed by atoms with E-state index in [1.165, 1.54) is 0 Å². The van der Waals surface area contributed by atoms with Crippen LogP contribution in [0.4, 0.5) is 11.4 Å². The van der Waals surface area contributed by atoms with Gasteiger partial charge in [0.15, 0.2) is 0 Å². The molecule has 0 spiro atoms. The van der Waals surface area contributed by atoms with Gasteiger partial charge in [0.05, 0.1) is 50.0 Å². The molecule has 3 heterocycles. The SMILES string of the molecule is COc1cncc(NC2CCC(Oc3cc(N4CCOCC4)cc4nccnc34)CC2)c1. The summed E-state index contributed by atoms with van der Waals surface area (Å²) in [5.74, 6) is 1.59. The zero-order chi connectivity index (χ0) is 21.8. The molecule has 32 heavy (non-hydrogen) atoms. The third-order valence-electron chi connectivity index (χ3n) is 6.19. The Morgan fingerprint density at radius 2 is 1.81 bits per heavy atom. The standard InChI is InChI=1S/C24H29N5O3/c1-30-21-12-18(15-25-16-21)28-17-2-4-20(5-3-17)32-23-14-19(29-8-10-31-11-9-29)13-22-24(23)27-7-6-26-22/h6-7,12-17,20,28H,2-5,8-11H2,1H3. The largest absolute Gasteiger partial charge is 0.495 e. The summed E-state index contributed by atoms with van der Waals surface area (Å²) in [7, 11) is 1.66. The van der Waals surface area contributed by atoms with Crippen molar-refractivity contribution in [1.82, 2.24) is 15.0 Å². The van der Waals surface area contributed by atoms with Gasteiger partial charge in [0, 0.05) is 49.3 Å². The zero-order valence-electron chi connectivity index (χ0n) is 18.4. The molecule has 1 saturated heterocycles. The van der Waals surface area contributed by atoms with E-state index in [0.29, 0.717) is 6.04 Å². The molecule has 2 fully saturated rings. The molecule has 1 saturated carbocycles. The molecule has 168 valence electrons. The van der Waals surface area contributed by atoms with E-state index in [2.05, 4.69) is 37.3 Å². The van der Waals surface area contributed by atoms with Crippen molar-refractivity contribution in [3.8, 4) is 11.5 Å². The van der Waals surface area contributed by atoms with Crippen LogP contribution in [0.5, 0.6) is 11.5 Å². The number of benzene rings is 1. The first-order chi connectivity index (χ1) is 15.8. The molecule has 0 atom stereocenters. The van der Waals surface area contributed by atoms with Crippen LogP contribution in [0, 0.1) is 0 Å². The van der Waals surface area contributed by atoms with E-state index in [-0.39, 0.29) is 6.10 Å². The molecule has 1 aliphatic carbocycles. The first kappa shape index (κ1) is 20.8. The number of pyridine rings is 1. The van der Waals surface area contributed by atoms with Gasteiger partial charge in [-0.05, 0) is 31.7 Å². The molecule has 1 aliphatic heterocycles. The van der Waals surface area contributed by atoms with Gasteiger partial charge in [-0.2, -0.15) is 0 Å². The lowest BCUT2D eigenvalue weighted by atomic mass is 9.92. The van der Waals surface area contributed by atoms with Crippen LogP contribution < -0.4 is 19.7 Å². The van der Waals surface area contributed by atoms with Crippen LogP contribution >= 0.6 is 0 Å². The van der Waals surface area contributed by atoms with Crippen molar-refractivity contribution in [3.05, 3.63) is 43.0 Å². The van der Waals surface area contributed by atoms with Crippen LogP contribution in [0.3, 0.4) is 0 Å². The van der Waals surface area contributed by atoms with Crippen LogP contribution in [0.25, 0.3) is 11.0 Å². The summed E-state index contributed by atoms with van der Waals surface area (Å²) in [6, 6.07) is 6.61. The fourth-order valence-corrected chi connectivity index (χ4v) is 4.47. The Kier molecular flexibility index (Phi) is 6.20. The lowest BCUT2D eigenvalue weighted by Crippen LogP contribution is -2.36. The molecular weight excluding hydrogens is 406 g/mol. The lowest BCUT2D eigenvalue weighted by Gasteiger charge is -2.31. The Balaban J connectivity index is 1.26. The second-order valence-electron chi connectivity index (χ2n) is 8.32. The maximum absolute atomic E-state index is 6.51. The van der Waals surface area contributed by atoms with Crippen molar-refractivity contribution in [3.63, 3.8) is 0 Å². The van der Waals surface area contributed by atoms with Gasteiger partial charge >= 0.3 is 0 Å². The topological polar surface area (TPSA) is 81.6 Å². The number of nitrogens with zero attached hydrogens (tertiary/aromatic N) is 4. The summed E-state index contributed by atoms with van der Waals surface area (Å²) in [6.07, 6.45) is 11.2. The number of anilines is 2. The van der Waals surface area contributed by atoms with Gasteiger partial charge < -0.3 is 24.4 Å². The summed E-state index contributed by atoms with van der Waals surface area (Å²) in [5, 5.41) is 3.58. The van der Waals surface area contributed by atoms with Crippen LogP contribution in [-0.4, -0.2) is 60.5 Å². The number of rotatable bonds is 6. The molecule has 8 nitrogen and oxygen atoms in total. The Morgan fingerprint density at radius 1 is 1.00 bits per heavy atom. The molecule has 5 rings (SSSR count). The van der Waals surface area contributed by atoms with E-state index in [1.807, 2.05) is 12.3 Å². The van der Waals surface area contributed by atoms with Crippen molar-refractivity contribution in [2.45, 2.75) is 37.8 Å². The van der Waals surface area contributed by atoms with E-state index < -0.39 is 0 Å². The molecule has 0 unspecified atom stereocenters. The van der Waals surface area contributed by atoms with Gasteiger partial charge in [-0.15, -0.1) is 0 Å². The van der Waals surface area contributed by atoms with Gasteiger partial charge in [-0.25, -0.2) is 4.98 Å². The maximum atomic E-state index is 6.51. The molecule has 3 aromatic rings. The molecule has 0 radical (unpaired) electrons. The summed E-state index contributed by atoms with van der Waals surface area (Å²) in [4.78, 5) is 15.7. The molecule has 2 aliphatic rings. The highest BCUT2D eigenvalue weighted by Crippen LogP contribution is 2.33. The Bertz CT molecular complexity index is 1050. The molecule has 1 N–H and O–H groups in total. The van der Waals surface area contributed by atoms with Crippen LogP contribution in [0.2, 0.25) is 0 Å².